The molecule has 0 saturated carbocycles. The van der Waals surface area contributed by atoms with Crippen molar-refractivity contribution in [2.24, 2.45) is 11.7 Å². The number of rotatable bonds is 6. The van der Waals surface area contributed by atoms with Gasteiger partial charge in [-0.3, -0.25) is 4.79 Å². The molecule has 3 unspecified atom stereocenters. The molecule has 0 radical (unpaired) electrons. The molecule has 1 amide bonds. The molecule has 0 fully saturated rings. The van der Waals surface area contributed by atoms with E-state index >= 15 is 0 Å². The average Bonchev–Trinajstić information content (AvgIpc) is 2.37. The second-order valence-corrected chi connectivity index (χ2v) is 4.83. The highest BCUT2D eigenvalue weighted by molar-refractivity contribution is 5.79. The minimum absolute atomic E-state index is 0.0684. The number of halogens is 2. The minimum Gasteiger partial charge on any atom is -0.435 e. The molecule has 0 aliphatic heterocycles. The van der Waals surface area contributed by atoms with E-state index in [1.165, 1.54) is 12.1 Å². The van der Waals surface area contributed by atoms with Crippen LogP contribution in [0.15, 0.2) is 24.3 Å². The molecule has 0 aliphatic carbocycles. The molecule has 0 heterocycles. The Morgan fingerprint density at radius 2 is 1.95 bits per heavy atom. The zero-order valence-corrected chi connectivity index (χ0v) is 11.8. The van der Waals surface area contributed by atoms with E-state index in [0.717, 1.165) is 0 Å². The van der Waals surface area contributed by atoms with E-state index in [4.69, 9.17) is 5.73 Å². The van der Waals surface area contributed by atoms with Crippen LogP contribution in [0, 0.1) is 5.92 Å². The van der Waals surface area contributed by atoms with Crippen molar-refractivity contribution >= 4 is 5.91 Å². The van der Waals surface area contributed by atoms with Gasteiger partial charge in [0, 0.05) is 12.0 Å². The molecule has 1 aromatic rings. The summed E-state index contributed by atoms with van der Waals surface area (Å²) in [6.45, 7) is 2.40. The normalized spacial score (nSPS) is 15.6. The van der Waals surface area contributed by atoms with Crippen molar-refractivity contribution < 1.29 is 18.3 Å². The fourth-order valence-electron chi connectivity index (χ4n) is 1.63. The molecule has 0 bridgehead atoms. The molecule has 0 aromatic heterocycles. The number of nitrogens with two attached hydrogens (primary N) is 1. The quantitative estimate of drug-likeness (QED) is 0.844. The Balaban J connectivity index is 2.72. The first-order valence-electron chi connectivity index (χ1n) is 6.42. The van der Waals surface area contributed by atoms with E-state index in [0.29, 0.717) is 5.56 Å². The number of alkyl halides is 2. The van der Waals surface area contributed by atoms with Gasteiger partial charge in [0.2, 0.25) is 5.91 Å². The van der Waals surface area contributed by atoms with Crippen LogP contribution in [0.25, 0.3) is 0 Å². The molecule has 112 valence electrons. The smallest absolute Gasteiger partial charge is 0.387 e. The molecule has 3 N–H and O–H groups in total. The van der Waals surface area contributed by atoms with Gasteiger partial charge < -0.3 is 15.8 Å². The second-order valence-electron chi connectivity index (χ2n) is 4.83. The fraction of sp³-hybridized carbons (Fsp3) is 0.500. The number of hydrogen-bond acceptors (Lipinski definition) is 3. The SMILES string of the molecule is CC(NC(=O)C(C)C(C)N)c1cccc(OC(F)F)c1. The van der Waals surface area contributed by atoms with Crippen LogP contribution in [-0.2, 0) is 4.79 Å². The predicted octanol–water partition coefficient (Wildman–Crippen LogP) is 2.45. The second kappa shape index (κ2) is 7.19. The Morgan fingerprint density at radius 3 is 2.50 bits per heavy atom. The van der Waals surface area contributed by atoms with Crippen LogP contribution in [0.1, 0.15) is 32.4 Å². The van der Waals surface area contributed by atoms with Gasteiger partial charge >= 0.3 is 6.61 Å². The molecule has 4 nitrogen and oxygen atoms in total. The van der Waals surface area contributed by atoms with Crippen molar-refractivity contribution in [3.63, 3.8) is 0 Å². The van der Waals surface area contributed by atoms with Gasteiger partial charge in [-0.25, -0.2) is 0 Å². The van der Waals surface area contributed by atoms with Gasteiger partial charge in [0.25, 0.3) is 0 Å². The van der Waals surface area contributed by atoms with E-state index in [-0.39, 0.29) is 29.7 Å². The van der Waals surface area contributed by atoms with Crippen LogP contribution in [0.3, 0.4) is 0 Å². The summed E-state index contributed by atoms with van der Waals surface area (Å²) in [5, 5.41) is 2.80. The van der Waals surface area contributed by atoms with Gasteiger partial charge in [0.15, 0.2) is 0 Å². The molecule has 0 spiro atoms. The number of carbonyl (C=O) groups is 1. The van der Waals surface area contributed by atoms with Gasteiger partial charge in [0.1, 0.15) is 5.75 Å². The maximum Gasteiger partial charge on any atom is 0.387 e. The molecular weight excluding hydrogens is 266 g/mol. The van der Waals surface area contributed by atoms with Crippen molar-refractivity contribution in [1.29, 1.82) is 0 Å². The lowest BCUT2D eigenvalue weighted by molar-refractivity contribution is -0.125. The van der Waals surface area contributed by atoms with Crippen molar-refractivity contribution in [1.82, 2.24) is 5.32 Å². The zero-order chi connectivity index (χ0) is 15.3. The largest absolute Gasteiger partial charge is 0.435 e. The first kappa shape index (κ1) is 16.4. The highest BCUT2D eigenvalue weighted by Crippen LogP contribution is 2.21. The summed E-state index contributed by atoms with van der Waals surface area (Å²) in [4.78, 5) is 11.9. The monoisotopic (exact) mass is 286 g/mol. The molecule has 1 aromatic carbocycles. The number of hydrogen-bond donors (Lipinski definition) is 2. The lowest BCUT2D eigenvalue weighted by Gasteiger charge is -2.20. The van der Waals surface area contributed by atoms with Gasteiger partial charge in [0.05, 0.1) is 6.04 Å². The molecule has 6 heteroatoms. The van der Waals surface area contributed by atoms with Crippen LogP contribution in [0.4, 0.5) is 8.78 Å². The minimum atomic E-state index is -2.87. The highest BCUT2D eigenvalue weighted by Gasteiger charge is 2.19. The van der Waals surface area contributed by atoms with E-state index in [1.807, 2.05) is 0 Å². The molecule has 0 aliphatic rings. The van der Waals surface area contributed by atoms with Gasteiger partial charge in [-0.1, -0.05) is 19.1 Å². The molecule has 20 heavy (non-hydrogen) atoms. The third-order valence-electron chi connectivity index (χ3n) is 3.14. The predicted molar refractivity (Wildman–Crippen MR) is 72.4 cm³/mol. The van der Waals surface area contributed by atoms with Gasteiger partial charge in [-0.05, 0) is 31.5 Å². The van der Waals surface area contributed by atoms with Crippen LogP contribution in [-0.4, -0.2) is 18.6 Å². The van der Waals surface area contributed by atoms with E-state index in [2.05, 4.69) is 10.1 Å². The highest BCUT2D eigenvalue weighted by atomic mass is 19.3. The average molecular weight is 286 g/mol. The Bertz CT molecular complexity index is 453. The summed E-state index contributed by atoms with van der Waals surface area (Å²) in [6, 6.07) is 5.69. The molecular formula is C14H20F2N2O2. The Morgan fingerprint density at radius 1 is 1.30 bits per heavy atom. The van der Waals surface area contributed by atoms with Gasteiger partial charge in [-0.2, -0.15) is 8.78 Å². The number of carbonyl (C=O) groups excluding carboxylic acids is 1. The van der Waals surface area contributed by atoms with E-state index in [9.17, 15) is 13.6 Å². The summed E-state index contributed by atoms with van der Waals surface area (Å²) in [5.74, 6) is -0.426. The summed E-state index contributed by atoms with van der Waals surface area (Å²) < 4.78 is 28.6. The van der Waals surface area contributed by atoms with Crippen LogP contribution in [0.2, 0.25) is 0 Å². The number of benzene rings is 1. The van der Waals surface area contributed by atoms with Crippen LogP contribution in [0.5, 0.6) is 5.75 Å². The first-order chi connectivity index (χ1) is 9.31. The standard InChI is InChI=1S/C14H20F2N2O2/c1-8(9(2)17)13(19)18-10(3)11-5-4-6-12(7-11)20-14(15)16/h4-10,14H,17H2,1-3H3,(H,18,19). The summed E-state index contributed by atoms with van der Waals surface area (Å²) in [5.41, 5.74) is 6.35. The number of ether oxygens (including phenoxy) is 1. The summed E-state index contributed by atoms with van der Waals surface area (Å²) in [6.07, 6.45) is 0. The van der Waals surface area contributed by atoms with Crippen molar-refractivity contribution in [2.75, 3.05) is 0 Å². The fourth-order valence-corrected chi connectivity index (χ4v) is 1.63. The lowest BCUT2D eigenvalue weighted by atomic mass is 10.0. The van der Waals surface area contributed by atoms with E-state index < -0.39 is 6.61 Å². The van der Waals surface area contributed by atoms with Gasteiger partial charge in [-0.15, -0.1) is 0 Å². The molecule has 0 saturated heterocycles. The first-order valence-corrected chi connectivity index (χ1v) is 6.42. The summed E-state index contributed by atoms with van der Waals surface area (Å²) >= 11 is 0. The summed E-state index contributed by atoms with van der Waals surface area (Å²) in [7, 11) is 0. The van der Waals surface area contributed by atoms with Crippen LogP contribution < -0.4 is 15.8 Å². The number of amides is 1. The maximum absolute atomic E-state index is 12.2. The molecule has 1 rings (SSSR count). The van der Waals surface area contributed by atoms with Crippen molar-refractivity contribution in [3.8, 4) is 5.75 Å². The topological polar surface area (TPSA) is 64.4 Å². The van der Waals surface area contributed by atoms with E-state index in [1.54, 1.807) is 32.9 Å². The third-order valence-corrected chi connectivity index (χ3v) is 3.14. The van der Waals surface area contributed by atoms with Crippen LogP contribution >= 0.6 is 0 Å². The Hall–Kier alpha value is -1.69. The van der Waals surface area contributed by atoms with Crippen molar-refractivity contribution in [3.05, 3.63) is 29.8 Å². The Labute approximate surface area is 117 Å². The van der Waals surface area contributed by atoms with Crippen molar-refractivity contribution in [2.45, 2.75) is 39.5 Å². The third kappa shape index (κ3) is 4.77. The Kier molecular flexibility index (Phi) is 5.88. The zero-order valence-electron chi connectivity index (χ0n) is 11.8. The number of nitrogens with one attached hydrogen (secondary N) is 1. The lowest BCUT2D eigenvalue weighted by Crippen LogP contribution is -2.39. The molecule has 3 atom stereocenters. The maximum atomic E-state index is 12.2.